The Hall–Kier alpha value is -3.04. The van der Waals surface area contributed by atoms with E-state index in [1.807, 2.05) is 0 Å². The van der Waals surface area contributed by atoms with Gasteiger partial charge in [0, 0.05) is 12.6 Å². The average molecular weight is 404 g/mol. The third kappa shape index (κ3) is 5.73. The molecule has 0 fully saturated rings. The van der Waals surface area contributed by atoms with Gasteiger partial charge in [0.15, 0.2) is 0 Å². The van der Waals surface area contributed by atoms with Crippen LogP contribution in [-0.2, 0) is 28.4 Å². The number of benzene rings is 2. The standard InChI is InChI=1S/C18H14F6N2O2/c1-10(27)25-13-6-7-15(14(9-13)18(22,23)24)26-16(28)8-11-2-4-12(5-3-11)17(19,20)21/h2-7,9H,8H2,1H3,(H,25,27)(H,26,28). The van der Waals surface area contributed by atoms with Crippen LogP contribution in [0.1, 0.15) is 23.6 Å². The first-order valence-electron chi connectivity index (χ1n) is 7.81. The zero-order valence-corrected chi connectivity index (χ0v) is 14.3. The van der Waals surface area contributed by atoms with Gasteiger partial charge in [-0.1, -0.05) is 12.1 Å². The van der Waals surface area contributed by atoms with Crippen molar-refractivity contribution in [2.24, 2.45) is 0 Å². The van der Waals surface area contributed by atoms with Crippen molar-refractivity contribution in [2.45, 2.75) is 25.7 Å². The highest BCUT2D eigenvalue weighted by atomic mass is 19.4. The summed E-state index contributed by atoms with van der Waals surface area (Å²) in [7, 11) is 0. The van der Waals surface area contributed by atoms with E-state index in [1.54, 1.807) is 0 Å². The minimum Gasteiger partial charge on any atom is -0.326 e. The molecule has 2 amide bonds. The van der Waals surface area contributed by atoms with Crippen LogP contribution in [0.2, 0.25) is 0 Å². The Kier molecular flexibility index (Phi) is 6.01. The summed E-state index contributed by atoms with van der Waals surface area (Å²) >= 11 is 0. The molecule has 2 aromatic rings. The second kappa shape index (κ2) is 7.91. The van der Waals surface area contributed by atoms with Crippen LogP contribution in [-0.4, -0.2) is 11.8 Å². The Morgan fingerprint density at radius 1 is 0.857 bits per heavy atom. The monoisotopic (exact) mass is 404 g/mol. The summed E-state index contributed by atoms with van der Waals surface area (Å²) in [6, 6.07) is 6.57. The molecule has 10 heteroatoms. The lowest BCUT2D eigenvalue weighted by molar-refractivity contribution is -0.138. The minimum atomic E-state index is -4.80. The Bertz CT molecular complexity index is 873. The van der Waals surface area contributed by atoms with Gasteiger partial charge in [0.2, 0.25) is 11.8 Å². The quantitative estimate of drug-likeness (QED) is 0.715. The van der Waals surface area contributed by atoms with E-state index in [-0.39, 0.29) is 11.3 Å². The molecule has 0 aliphatic carbocycles. The fourth-order valence-electron chi connectivity index (χ4n) is 2.36. The van der Waals surface area contributed by atoms with Crippen molar-refractivity contribution in [3.63, 3.8) is 0 Å². The first-order valence-corrected chi connectivity index (χ1v) is 7.81. The zero-order valence-electron chi connectivity index (χ0n) is 14.3. The molecule has 0 aliphatic heterocycles. The van der Waals surface area contributed by atoms with Crippen LogP contribution >= 0.6 is 0 Å². The van der Waals surface area contributed by atoms with Crippen LogP contribution in [0.4, 0.5) is 37.7 Å². The SMILES string of the molecule is CC(=O)Nc1ccc(NC(=O)Cc2ccc(C(F)(F)F)cc2)c(C(F)(F)F)c1. The molecule has 0 radical (unpaired) electrons. The third-order valence-electron chi connectivity index (χ3n) is 3.57. The van der Waals surface area contributed by atoms with Gasteiger partial charge >= 0.3 is 12.4 Å². The van der Waals surface area contributed by atoms with Crippen molar-refractivity contribution < 1.29 is 35.9 Å². The Balaban J connectivity index is 2.17. The van der Waals surface area contributed by atoms with E-state index in [2.05, 4.69) is 10.6 Å². The highest BCUT2D eigenvalue weighted by molar-refractivity contribution is 5.94. The molecule has 0 saturated carbocycles. The first kappa shape index (κ1) is 21.3. The number of anilines is 2. The number of hydrogen-bond donors (Lipinski definition) is 2. The van der Waals surface area contributed by atoms with Crippen molar-refractivity contribution >= 4 is 23.2 Å². The molecule has 0 spiro atoms. The maximum atomic E-state index is 13.2. The van der Waals surface area contributed by atoms with E-state index in [4.69, 9.17) is 0 Å². The second-order valence-electron chi connectivity index (χ2n) is 5.86. The maximum absolute atomic E-state index is 13.2. The van der Waals surface area contributed by atoms with E-state index >= 15 is 0 Å². The number of hydrogen-bond acceptors (Lipinski definition) is 2. The summed E-state index contributed by atoms with van der Waals surface area (Å²) in [5, 5.41) is 4.31. The molecule has 0 aromatic heterocycles. The number of rotatable bonds is 4. The van der Waals surface area contributed by atoms with Crippen molar-refractivity contribution in [2.75, 3.05) is 10.6 Å². The molecule has 0 aliphatic rings. The molecule has 2 N–H and O–H groups in total. The van der Waals surface area contributed by atoms with Crippen molar-refractivity contribution in [1.82, 2.24) is 0 Å². The molecule has 0 saturated heterocycles. The van der Waals surface area contributed by atoms with Crippen LogP contribution < -0.4 is 10.6 Å². The lowest BCUT2D eigenvalue weighted by Gasteiger charge is -2.15. The van der Waals surface area contributed by atoms with E-state index < -0.39 is 47.4 Å². The molecule has 0 atom stereocenters. The third-order valence-corrected chi connectivity index (χ3v) is 3.57. The normalized spacial score (nSPS) is 11.8. The number of carbonyl (C=O) groups excluding carboxylic acids is 2. The van der Waals surface area contributed by atoms with Gasteiger partial charge in [-0.2, -0.15) is 26.3 Å². The molecule has 150 valence electrons. The first-order chi connectivity index (χ1) is 12.9. The largest absolute Gasteiger partial charge is 0.418 e. The Morgan fingerprint density at radius 3 is 1.96 bits per heavy atom. The van der Waals surface area contributed by atoms with Gasteiger partial charge in [0.1, 0.15) is 0 Å². The predicted octanol–water partition coefficient (Wildman–Crippen LogP) is 4.86. The molecule has 2 aromatic carbocycles. The van der Waals surface area contributed by atoms with Crippen LogP contribution in [0, 0.1) is 0 Å². The number of alkyl halides is 6. The summed E-state index contributed by atoms with van der Waals surface area (Å²) in [5.41, 5.74) is -2.49. The molecule has 2 rings (SSSR count). The van der Waals surface area contributed by atoms with E-state index in [0.717, 1.165) is 37.3 Å². The van der Waals surface area contributed by atoms with E-state index in [0.29, 0.717) is 6.07 Å². The number of halogens is 6. The molecule has 0 heterocycles. The number of nitrogens with one attached hydrogen (secondary N) is 2. The number of carbonyl (C=O) groups is 2. The second-order valence-corrected chi connectivity index (χ2v) is 5.86. The van der Waals surface area contributed by atoms with Crippen molar-refractivity contribution in [3.05, 3.63) is 59.2 Å². The fourth-order valence-corrected chi connectivity index (χ4v) is 2.36. The van der Waals surface area contributed by atoms with Gasteiger partial charge in [-0.3, -0.25) is 9.59 Å². The van der Waals surface area contributed by atoms with Gasteiger partial charge in [0.05, 0.1) is 23.2 Å². The van der Waals surface area contributed by atoms with Gasteiger partial charge < -0.3 is 10.6 Å². The highest BCUT2D eigenvalue weighted by Crippen LogP contribution is 2.36. The fraction of sp³-hybridized carbons (Fsp3) is 0.222. The van der Waals surface area contributed by atoms with Crippen LogP contribution in [0.15, 0.2) is 42.5 Å². The van der Waals surface area contributed by atoms with Gasteiger partial charge in [-0.05, 0) is 35.9 Å². The maximum Gasteiger partial charge on any atom is 0.418 e. The molecule has 4 nitrogen and oxygen atoms in total. The molecular formula is C18H14F6N2O2. The van der Waals surface area contributed by atoms with Crippen LogP contribution in [0.5, 0.6) is 0 Å². The van der Waals surface area contributed by atoms with Gasteiger partial charge in [-0.25, -0.2) is 0 Å². The lowest BCUT2D eigenvalue weighted by atomic mass is 10.1. The summed E-state index contributed by atoms with van der Waals surface area (Å²) in [5.74, 6) is -1.40. The predicted molar refractivity (Wildman–Crippen MR) is 89.5 cm³/mol. The van der Waals surface area contributed by atoms with Crippen LogP contribution in [0.25, 0.3) is 0 Å². The molecule has 0 bridgehead atoms. The Morgan fingerprint density at radius 2 is 1.46 bits per heavy atom. The zero-order chi connectivity index (χ0) is 21.1. The molecule has 28 heavy (non-hydrogen) atoms. The van der Waals surface area contributed by atoms with Crippen molar-refractivity contribution in [1.29, 1.82) is 0 Å². The van der Waals surface area contributed by atoms with Crippen molar-refractivity contribution in [3.8, 4) is 0 Å². The van der Waals surface area contributed by atoms with E-state index in [1.165, 1.54) is 6.07 Å². The Labute approximate surface area is 155 Å². The van der Waals surface area contributed by atoms with Gasteiger partial charge in [0.25, 0.3) is 0 Å². The van der Waals surface area contributed by atoms with Crippen LogP contribution in [0.3, 0.4) is 0 Å². The minimum absolute atomic E-state index is 0.0967. The lowest BCUT2D eigenvalue weighted by Crippen LogP contribution is -2.19. The van der Waals surface area contributed by atoms with Gasteiger partial charge in [-0.15, -0.1) is 0 Å². The summed E-state index contributed by atoms with van der Waals surface area (Å²) < 4.78 is 77.3. The topological polar surface area (TPSA) is 58.2 Å². The smallest absolute Gasteiger partial charge is 0.326 e. The average Bonchev–Trinajstić information content (AvgIpc) is 2.54. The number of amides is 2. The summed E-state index contributed by atoms with van der Waals surface area (Å²) in [6.45, 7) is 1.13. The molecular weight excluding hydrogens is 390 g/mol. The van der Waals surface area contributed by atoms with E-state index in [9.17, 15) is 35.9 Å². The summed E-state index contributed by atoms with van der Waals surface area (Å²) in [6.07, 6.45) is -9.74. The summed E-state index contributed by atoms with van der Waals surface area (Å²) in [4.78, 5) is 23.0. The highest BCUT2D eigenvalue weighted by Gasteiger charge is 2.34. The molecule has 0 unspecified atom stereocenters.